The molecule has 2 aromatic carbocycles. The van der Waals surface area contributed by atoms with E-state index < -0.39 is 0 Å². The minimum Gasteiger partial charge on any atom is -0.506 e. The van der Waals surface area contributed by atoms with Gasteiger partial charge in [0.15, 0.2) is 0 Å². The van der Waals surface area contributed by atoms with Gasteiger partial charge in [0.1, 0.15) is 11.6 Å². The highest BCUT2D eigenvalue weighted by Gasteiger charge is 2.06. The van der Waals surface area contributed by atoms with E-state index in [0.717, 1.165) is 24.0 Å². The van der Waals surface area contributed by atoms with Crippen molar-refractivity contribution in [3.8, 4) is 5.75 Å². The zero-order valence-corrected chi connectivity index (χ0v) is 12.6. The first-order valence-electron chi connectivity index (χ1n) is 5.47. The molecule has 0 atom stereocenters. The Hall–Kier alpha value is -0.870. The van der Waals surface area contributed by atoms with Crippen LogP contribution in [0.4, 0.5) is 4.39 Å². The van der Waals surface area contributed by atoms with E-state index in [9.17, 15) is 9.50 Å². The average molecular weight is 374 g/mol. The number of aryl methyl sites for hydroxylation is 2. The van der Waals surface area contributed by atoms with Crippen LogP contribution in [0.3, 0.4) is 0 Å². The van der Waals surface area contributed by atoms with E-state index >= 15 is 0 Å². The van der Waals surface area contributed by atoms with Crippen molar-refractivity contribution in [2.24, 2.45) is 0 Å². The predicted octanol–water partition coefficient (Wildman–Crippen LogP) is 4.84. The zero-order chi connectivity index (χ0) is 13.1. The largest absolute Gasteiger partial charge is 0.506 e. The molecule has 0 aliphatic carbocycles. The molecule has 0 aliphatic heterocycles. The van der Waals surface area contributed by atoms with Gasteiger partial charge in [-0.15, -0.1) is 0 Å². The number of benzene rings is 2. The van der Waals surface area contributed by atoms with E-state index in [2.05, 4.69) is 31.9 Å². The Kier molecular flexibility index (Phi) is 4.40. The first-order chi connectivity index (χ1) is 8.56. The van der Waals surface area contributed by atoms with Gasteiger partial charge in [0.2, 0.25) is 0 Å². The van der Waals surface area contributed by atoms with E-state index in [1.807, 2.05) is 12.1 Å². The van der Waals surface area contributed by atoms with Crippen LogP contribution in [0.15, 0.2) is 45.3 Å². The van der Waals surface area contributed by atoms with Crippen LogP contribution in [0.2, 0.25) is 0 Å². The summed E-state index contributed by atoms with van der Waals surface area (Å²) in [6, 6.07) is 10.3. The summed E-state index contributed by atoms with van der Waals surface area (Å²) in [5.41, 5.74) is 2.20. The highest BCUT2D eigenvalue weighted by atomic mass is 79.9. The molecule has 0 aromatic heterocycles. The lowest BCUT2D eigenvalue weighted by Gasteiger charge is -2.06. The minimum atomic E-state index is -0.214. The van der Waals surface area contributed by atoms with Crippen molar-refractivity contribution in [3.05, 3.63) is 62.3 Å². The Balaban J connectivity index is 2.08. The summed E-state index contributed by atoms with van der Waals surface area (Å²) in [7, 11) is 0. The minimum absolute atomic E-state index is 0.209. The summed E-state index contributed by atoms with van der Waals surface area (Å²) in [5.74, 6) is -0.00518. The third-order valence-corrected chi connectivity index (χ3v) is 3.90. The molecule has 0 heterocycles. The second-order valence-electron chi connectivity index (χ2n) is 4.03. The van der Waals surface area contributed by atoms with E-state index in [0.29, 0.717) is 8.95 Å². The van der Waals surface area contributed by atoms with Crippen molar-refractivity contribution in [1.29, 1.82) is 0 Å². The number of halogens is 3. The summed E-state index contributed by atoms with van der Waals surface area (Å²) in [5, 5.41) is 9.61. The predicted molar refractivity (Wildman–Crippen MR) is 77.3 cm³/mol. The monoisotopic (exact) mass is 372 g/mol. The van der Waals surface area contributed by atoms with Crippen molar-refractivity contribution in [2.75, 3.05) is 0 Å². The van der Waals surface area contributed by atoms with Gasteiger partial charge in [-0.1, -0.05) is 12.1 Å². The lowest BCUT2D eigenvalue weighted by molar-refractivity contribution is 0.468. The molecule has 0 spiro atoms. The first-order valence-corrected chi connectivity index (χ1v) is 7.06. The van der Waals surface area contributed by atoms with Crippen LogP contribution in [0.5, 0.6) is 5.75 Å². The molecule has 0 aliphatic rings. The molecule has 0 fully saturated rings. The van der Waals surface area contributed by atoms with Gasteiger partial charge in [0, 0.05) is 0 Å². The number of hydrogen-bond donors (Lipinski definition) is 1. The fourth-order valence-electron chi connectivity index (χ4n) is 1.70. The summed E-state index contributed by atoms with van der Waals surface area (Å²) in [6.45, 7) is 0. The second kappa shape index (κ2) is 5.85. The Morgan fingerprint density at radius 1 is 0.889 bits per heavy atom. The molecule has 1 nitrogen and oxygen atoms in total. The topological polar surface area (TPSA) is 20.2 Å². The van der Waals surface area contributed by atoms with Crippen LogP contribution in [0.1, 0.15) is 11.1 Å². The Morgan fingerprint density at radius 2 is 1.39 bits per heavy atom. The van der Waals surface area contributed by atoms with Crippen LogP contribution in [0, 0.1) is 5.82 Å². The van der Waals surface area contributed by atoms with Crippen LogP contribution < -0.4 is 0 Å². The molecule has 18 heavy (non-hydrogen) atoms. The number of phenols is 1. The van der Waals surface area contributed by atoms with Crippen molar-refractivity contribution in [3.63, 3.8) is 0 Å². The summed E-state index contributed by atoms with van der Waals surface area (Å²) < 4.78 is 14.1. The Morgan fingerprint density at radius 3 is 1.94 bits per heavy atom. The maximum absolute atomic E-state index is 12.8. The van der Waals surface area contributed by atoms with E-state index in [4.69, 9.17) is 0 Å². The van der Waals surface area contributed by atoms with Crippen molar-refractivity contribution >= 4 is 31.9 Å². The fourth-order valence-corrected chi connectivity index (χ4v) is 2.98. The van der Waals surface area contributed by atoms with Crippen LogP contribution in [-0.4, -0.2) is 5.11 Å². The second-order valence-corrected chi connectivity index (χ2v) is 5.74. The van der Waals surface area contributed by atoms with Crippen LogP contribution >= 0.6 is 31.9 Å². The number of hydrogen-bond acceptors (Lipinski definition) is 1. The standard InChI is InChI=1S/C14H11Br2FO/c15-12-7-10(8-13(16)14(12)18)2-1-9-3-5-11(17)6-4-9/h3-8,18H,1-2H2. The molecule has 0 saturated heterocycles. The molecule has 2 rings (SSSR count). The molecule has 0 saturated carbocycles. The van der Waals surface area contributed by atoms with Gasteiger partial charge in [0.25, 0.3) is 0 Å². The lowest BCUT2D eigenvalue weighted by atomic mass is 10.0. The molecular formula is C14H11Br2FO. The summed E-state index contributed by atoms with van der Waals surface area (Å²) >= 11 is 6.61. The summed E-state index contributed by atoms with van der Waals surface area (Å²) in [4.78, 5) is 0. The third-order valence-electron chi connectivity index (χ3n) is 2.69. The number of phenolic OH excluding ortho intramolecular Hbond substituents is 1. The third kappa shape index (κ3) is 3.33. The van der Waals surface area contributed by atoms with Gasteiger partial charge in [-0.25, -0.2) is 4.39 Å². The van der Waals surface area contributed by atoms with Gasteiger partial charge in [0.05, 0.1) is 8.95 Å². The highest BCUT2D eigenvalue weighted by Crippen LogP contribution is 2.33. The van der Waals surface area contributed by atoms with Crippen molar-refractivity contribution in [1.82, 2.24) is 0 Å². The SMILES string of the molecule is Oc1c(Br)cc(CCc2ccc(F)cc2)cc1Br. The Labute approximate surface area is 122 Å². The van der Waals surface area contributed by atoms with Crippen LogP contribution in [0.25, 0.3) is 0 Å². The molecule has 4 heteroatoms. The van der Waals surface area contributed by atoms with Gasteiger partial charge >= 0.3 is 0 Å². The fraction of sp³-hybridized carbons (Fsp3) is 0.143. The molecule has 1 N–H and O–H groups in total. The number of rotatable bonds is 3. The molecule has 2 aromatic rings. The van der Waals surface area contributed by atoms with Crippen LogP contribution in [-0.2, 0) is 12.8 Å². The van der Waals surface area contributed by atoms with Crippen molar-refractivity contribution in [2.45, 2.75) is 12.8 Å². The Bertz CT molecular complexity index is 529. The highest BCUT2D eigenvalue weighted by molar-refractivity contribution is 9.11. The maximum atomic E-state index is 12.8. The molecule has 0 radical (unpaired) electrons. The normalized spacial score (nSPS) is 10.6. The zero-order valence-electron chi connectivity index (χ0n) is 9.46. The van der Waals surface area contributed by atoms with Gasteiger partial charge in [-0.2, -0.15) is 0 Å². The van der Waals surface area contributed by atoms with E-state index in [1.54, 1.807) is 12.1 Å². The van der Waals surface area contributed by atoms with Gasteiger partial charge in [-0.05, 0) is 80.1 Å². The average Bonchev–Trinajstić information content (AvgIpc) is 2.35. The van der Waals surface area contributed by atoms with Gasteiger partial charge in [-0.3, -0.25) is 0 Å². The quantitative estimate of drug-likeness (QED) is 0.815. The lowest BCUT2D eigenvalue weighted by Crippen LogP contribution is -1.92. The van der Waals surface area contributed by atoms with E-state index in [-0.39, 0.29) is 11.6 Å². The molecule has 0 bridgehead atoms. The van der Waals surface area contributed by atoms with Gasteiger partial charge < -0.3 is 5.11 Å². The molecule has 94 valence electrons. The maximum Gasteiger partial charge on any atom is 0.143 e. The van der Waals surface area contributed by atoms with E-state index in [1.165, 1.54) is 12.1 Å². The molecular weight excluding hydrogens is 363 g/mol. The molecule has 0 unspecified atom stereocenters. The molecule has 0 amide bonds. The smallest absolute Gasteiger partial charge is 0.143 e. The first kappa shape index (κ1) is 13.6. The number of aromatic hydroxyl groups is 1. The summed E-state index contributed by atoms with van der Waals surface area (Å²) in [6.07, 6.45) is 1.67. The van der Waals surface area contributed by atoms with Crippen molar-refractivity contribution < 1.29 is 9.50 Å².